The van der Waals surface area contributed by atoms with E-state index in [-0.39, 0.29) is 11.5 Å². The first-order valence-corrected chi connectivity index (χ1v) is 8.44. The highest BCUT2D eigenvalue weighted by atomic mass is 32.2. The molecule has 0 aliphatic carbocycles. The first-order chi connectivity index (χ1) is 9.39. The summed E-state index contributed by atoms with van der Waals surface area (Å²) in [6, 6.07) is 4.04. The number of aromatic nitrogens is 1. The van der Waals surface area contributed by atoms with Crippen LogP contribution in [-0.2, 0) is 23.4 Å². The van der Waals surface area contributed by atoms with Gasteiger partial charge in [-0.15, -0.1) is 0 Å². The first kappa shape index (κ1) is 16.6. The molecule has 6 nitrogen and oxygen atoms in total. The largest absolute Gasteiger partial charge is 0.355 e. The molecule has 0 amide bonds. The molecule has 7 heteroatoms. The van der Waals surface area contributed by atoms with E-state index in [9.17, 15) is 8.42 Å². The van der Waals surface area contributed by atoms with Crippen LogP contribution in [0.3, 0.4) is 0 Å². The van der Waals surface area contributed by atoms with E-state index in [0.29, 0.717) is 19.0 Å². The van der Waals surface area contributed by atoms with E-state index in [1.165, 1.54) is 0 Å². The third-order valence-electron chi connectivity index (χ3n) is 3.16. The van der Waals surface area contributed by atoms with Gasteiger partial charge in [-0.25, -0.2) is 8.42 Å². The van der Waals surface area contributed by atoms with Crippen LogP contribution >= 0.6 is 0 Å². The first-order valence-electron chi connectivity index (χ1n) is 6.62. The zero-order chi connectivity index (χ0) is 15.2. The average molecular weight is 300 g/mol. The summed E-state index contributed by atoms with van der Waals surface area (Å²) in [5, 5.41) is 3.08. The van der Waals surface area contributed by atoms with Crippen LogP contribution in [0, 0.1) is 0 Å². The Morgan fingerprint density at radius 1 is 1.50 bits per heavy atom. The van der Waals surface area contributed by atoms with E-state index in [1.54, 1.807) is 14.0 Å². The van der Waals surface area contributed by atoms with E-state index in [2.05, 4.69) is 10.3 Å². The predicted molar refractivity (Wildman–Crippen MR) is 82.6 cm³/mol. The second-order valence-corrected chi connectivity index (χ2v) is 7.15. The molecule has 0 aliphatic heterocycles. The van der Waals surface area contributed by atoms with Gasteiger partial charge < -0.3 is 14.8 Å². The quantitative estimate of drug-likeness (QED) is 0.612. The van der Waals surface area contributed by atoms with Crippen LogP contribution in [0.2, 0.25) is 0 Å². The summed E-state index contributed by atoms with van der Waals surface area (Å²) < 4.78 is 24.9. The Morgan fingerprint density at radius 3 is 2.70 bits per heavy atom. The van der Waals surface area contributed by atoms with Crippen molar-refractivity contribution in [3.05, 3.63) is 24.0 Å². The minimum Gasteiger partial charge on any atom is -0.355 e. The number of hydrogen-bond donors (Lipinski definition) is 1. The fourth-order valence-electron chi connectivity index (χ4n) is 1.83. The predicted octanol–water partition coefficient (Wildman–Crippen LogP) is 0.467. The number of guanidine groups is 1. The highest BCUT2D eigenvalue weighted by molar-refractivity contribution is 7.91. The van der Waals surface area contributed by atoms with Crippen molar-refractivity contribution in [1.82, 2.24) is 14.8 Å². The molecule has 114 valence electrons. The summed E-state index contributed by atoms with van der Waals surface area (Å²) in [7, 11) is 2.67. The molecule has 20 heavy (non-hydrogen) atoms. The lowest BCUT2D eigenvalue weighted by atomic mass is 10.4. The molecule has 0 spiro atoms. The van der Waals surface area contributed by atoms with Gasteiger partial charge in [0.25, 0.3) is 0 Å². The topological polar surface area (TPSA) is 66.7 Å². The Hall–Kier alpha value is -1.50. The highest BCUT2D eigenvalue weighted by Crippen LogP contribution is 2.03. The second-order valence-electron chi connectivity index (χ2n) is 4.68. The van der Waals surface area contributed by atoms with Crippen LogP contribution < -0.4 is 5.32 Å². The summed E-state index contributed by atoms with van der Waals surface area (Å²) in [6.45, 7) is 2.75. The summed E-state index contributed by atoms with van der Waals surface area (Å²) in [5.41, 5.74) is 1.16. The fraction of sp³-hybridized carbons (Fsp3) is 0.615. The lowest BCUT2D eigenvalue weighted by Crippen LogP contribution is -2.40. The van der Waals surface area contributed by atoms with Gasteiger partial charge >= 0.3 is 0 Å². The highest BCUT2D eigenvalue weighted by Gasteiger charge is 2.10. The minimum atomic E-state index is -2.95. The van der Waals surface area contributed by atoms with Crippen molar-refractivity contribution in [3.8, 4) is 0 Å². The van der Waals surface area contributed by atoms with Gasteiger partial charge in [-0.05, 0) is 12.1 Å². The maximum Gasteiger partial charge on any atom is 0.193 e. The van der Waals surface area contributed by atoms with Crippen molar-refractivity contribution < 1.29 is 8.42 Å². The Bertz CT molecular complexity index is 548. The van der Waals surface area contributed by atoms with Crippen LogP contribution in [0.25, 0.3) is 0 Å². The van der Waals surface area contributed by atoms with Crippen LogP contribution in [0.4, 0.5) is 0 Å². The molecule has 0 radical (unpaired) electrons. The van der Waals surface area contributed by atoms with Gasteiger partial charge in [0.1, 0.15) is 0 Å². The summed E-state index contributed by atoms with van der Waals surface area (Å²) >= 11 is 0. The van der Waals surface area contributed by atoms with Crippen LogP contribution in [-0.4, -0.2) is 56.0 Å². The van der Waals surface area contributed by atoms with Gasteiger partial charge in [0.2, 0.25) is 0 Å². The van der Waals surface area contributed by atoms with Crippen molar-refractivity contribution in [2.24, 2.45) is 12.0 Å². The van der Waals surface area contributed by atoms with Crippen molar-refractivity contribution in [2.75, 3.05) is 32.1 Å². The molecule has 0 fully saturated rings. The number of aryl methyl sites for hydroxylation is 1. The Morgan fingerprint density at radius 2 is 2.20 bits per heavy atom. The monoisotopic (exact) mass is 300 g/mol. The minimum absolute atomic E-state index is 0.126. The molecular weight excluding hydrogens is 276 g/mol. The number of nitrogens with zero attached hydrogens (tertiary/aromatic N) is 3. The van der Waals surface area contributed by atoms with Crippen LogP contribution in [0.1, 0.15) is 12.6 Å². The number of sulfone groups is 1. The molecule has 0 unspecified atom stereocenters. The smallest absolute Gasteiger partial charge is 0.193 e. The molecule has 1 N–H and O–H groups in total. The van der Waals surface area contributed by atoms with E-state index in [0.717, 1.165) is 5.69 Å². The lowest BCUT2D eigenvalue weighted by molar-refractivity contribution is 0.463. The fourth-order valence-corrected chi connectivity index (χ4v) is 2.53. The van der Waals surface area contributed by atoms with Crippen molar-refractivity contribution in [3.63, 3.8) is 0 Å². The zero-order valence-corrected chi connectivity index (χ0v) is 13.4. The van der Waals surface area contributed by atoms with Gasteiger partial charge in [0.05, 0.1) is 12.3 Å². The second kappa shape index (κ2) is 7.33. The zero-order valence-electron chi connectivity index (χ0n) is 12.6. The van der Waals surface area contributed by atoms with Gasteiger partial charge in [-0.1, -0.05) is 6.92 Å². The van der Waals surface area contributed by atoms with E-state index in [1.807, 2.05) is 41.9 Å². The number of aliphatic imine (C=N–C) groups is 1. The van der Waals surface area contributed by atoms with Gasteiger partial charge in [-0.2, -0.15) is 0 Å². The van der Waals surface area contributed by atoms with Crippen molar-refractivity contribution in [2.45, 2.75) is 13.5 Å². The number of rotatable bonds is 6. The standard InChI is InChI=1S/C13H24N4O2S/c1-5-20(18,19)10-8-15-13(14-2)17(4)11-12-7-6-9-16(12)3/h6-7,9H,5,8,10-11H2,1-4H3,(H,14,15). The molecule has 1 rings (SSSR count). The molecule has 0 saturated carbocycles. The van der Waals surface area contributed by atoms with Gasteiger partial charge in [0, 0.05) is 45.3 Å². The van der Waals surface area contributed by atoms with E-state index in [4.69, 9.17) is 0 Å². The molecule has 0 aromatic carbocycles. The Kier molecular flexibility index (Phi) is 6.06. The normalized spacial score (nSPS) is 12.5. The van der Waals surface area contributed by atoms with Crippen LogP contribution in [0.15, 0.2) is 23.3 Å². The molecular formula is C13H24N4O2S. The van der Waals surface area contributed by atoms with Gasteiger partial charge in [-0.3, -0.25) is 4.99 Å². The molecule has 1 heterocycles. The molecule has 0 atom stereocenters. The third-order valence-corrected chi connectivity index (χ3v) is 4.87. The summed E-state index contributed by atoms with van der Waals surface area (Å²) in [4.78, 5) is 6.14. The molecule has 0 saturated heterocycles. The molecule has 1 aromatic rings. The maximum atomic E-state index is 11.4. The molecule has 0 aliphatic rings. The maximum absolute atomic E-state index is 11.4. The van der Waals surface area contributed by atoms with E-state index < -0.39 is 9.84 Å². The van der Waals surface area contributed by atoms with E-state index >= 15 is 0 Å². The van der Waals surface area contributed by atoms with Gasteiger partial charge in [0.15, 0.2) is 15.8 Å². The SMILES string of the molecule is CCS(=O)(=O)CCNC(=NC)N(C)Cc1cccn1C. The Balaban J connectivity index is 2.52. The van der Waals surface area contributed by atoms with Crippen molar-refractivity contribution >= 4 is 15.8 Å². The summed E-state index contributed by atoms with van der Waals surface area (Å²) in [5.74, 6) is 0.991. The summed E-state index contributed by atoms with van der Waals surface area (Å²) in [6.07, 6.45) is 1.99. The lowest BCUT2D eigenvalue weighted by Gasteiger charge is -2.22. The molecule has 0 bridgehead atoms. The average Bonchev–Trinajstić information content (AvgIpc) is 2.80. The third kappa shape index (κ3) is 4.88. The van der Waals surface area contributed by atoms with Crippen LogP contribution in [0.5, 0.6) is 0 Å². The number of hydrogen-bond acceptors (Lipinski definition) is 3. The Labute approximate surface area is 121 Å². The number of nitrogens with one attached hydrogen (secondary N) is 1. The van der Waals surface area contributed by atoms with Crippen molar-refractivity contribution in [1.29, 1.82) is 0 Å². The molecule has 1 aromatic heterocycles.